The summed E-state index contributed by atoms with van der Waals surface area (Å²) in [5, 5.41) is 0.663. The summed E-state index contributed by atoms with van der Waals surface area (Å²) in [5.74, 6) is 0. The van der Waals surface area contributed by atoms with E-state index in [1.54, 1.807) is 6.20 Å². The van der Waals surface area contributed by atoms with Gasteiger partial charge in [-0.3, -0.25) is 4.98 Å². The van der Waals surface area contributed by atoms with Gasteiger partial charge in [0.15, 0.2) is 0 Å². The van der Waals surface area contributed by atoms with Gasteiger partial charge >= 0.3 is 0 Å². The molecule has 0 saturated carbocycles. The minimum absolute atomic E-state index is 0.557. The normalized spacial score (nSPS) is 14.2. The molecule has 0 aliphatic heterocycles. The molecule has 100 valence electrons. The van der Waals surface area contributed by atoms with Gasteiger partial charge in [-0.05, 0) is 52.7 Å². The van der Waals surface area contributed by atoms with Crippen LogP contribution in [0.2, 0.25) is 5.02 Å². The van der Waals surface area contributed by atoms with E-state index in [4.69, 9.17) is 17.3 Å². The molecule has 0 spiro atoms. The summed E-state index contributed by atoms with van der Waals surface area (Å²) in [6.07, 6.45) is 2.40. The van der Waals surface area contributed by atoms with Crippen molar-refractivity contribution in [1.82, 2.24) is 4.98 Å². The third-order valence-electron chi connectivity index (χ3n) is 2.88. The number of hydrogen-bond donors (Lipinski definition) is 1. The number of nitrogens with two attached hydrogens (primary N) is 1. The van der Waals surface area contributed by atoms with E-state index < -0.39 is 5.54 Å². The number of halogens is 3. The van der Waals surface area contributed by atoms with Crippen LogP contribution in [0.15, 0.2) is 45.5 Å². The van der Waals surface area contributed by atoms with Crippen LogP contribution >= 0.6 is 43.5 Å². The maximum Gasteiger partial charge on any atom is 0.0467 e. The van der Waals surface area contributed by atoms with Crippen LogP contribution in [-0.2, 0) is 12.0 Å². The van der Waals surface area contributed by atoms with Crippen LogP contribution in [0.4, 0.5) is 0 Å². The van der Waals surface area contributed by atoms with Crippen molar-refractivity contribution in [2.75, 3.05) is 0 Å². The van der Waals surface area contributed by atoms with Gasteiger partial charge in [-0.25, -0.2) is 0 Å². The molecule has 2 aromatic rings. The largest absolute Gasteiger partial charge is 0.321 e. The smallest absolute Gasteiger partial charge is 0.0467 e. The Morgan fingerprint density at radius 2 is 1.89 bits per heavy atom. The van der Waals surface area contributed by atoms with E-state index in [0.717, 1.165) is 20.2 Å². The third kappa shape index (κ3) is 3.78. The fourth-order valence-corrected chi connectivity index (χ4v) is 3.06. The molecule has 1 unspecified atom stereocenters. The molecule has 1 heterocycles. The Bertz CT molecular complexity index is 582. The van der Waals surface area contributed by atoms with Gasteiger partial charge in [-0.15, -0.1) is 0 Å². The van der Waals surface area contributed by atoms with Gasteiger partial charge in [0.05, 0.1) is 0 Å². The molecular weight excluding hydrogens is 391 g/mol. The van der Waals surface area contributed by atoms with E-state index >= 15 is 0 Å². The second-order valence-corrected chi connectivity index (χ2v) is 6.92. The predicted octanol–water partition coefficient (Wildman–Crippen LogP) is 4.68. The van der Waals surface area contributed by atoms with Crippen LogP contribution in [0, 0.1) is 0 Å². The monoisotopic (exact) mass is 402 g/mol. The SMILES string of the molecule is CC(N)(Cc1ccc(Br)cn1)c1ccc(Br)cc1Cl. The van der Waals surface area contributed by atoms with Crippen LogP contribution in [0.3, 0.4) is 0 Å². The molecule has 0 radical (unpaired) electrons. The quantitative estimate of drug-likeness (QED) is 0.807. The molecule has 2 N–H and O–H groups in total. The molecule has 0 bridgehead atoms. The molecule has 1 atom stereocenters. The molecule has 1 aromatic carbocycles. The van der Waals surface area contributed by atoms with Crippen LogP contribution in [-0.4, -0.2) is 4.98 Å². The van der Waals surface area contributed by atoms with Gasteiger partial charge in [-0.2, -0.15) is 0 Å². The Morgan fingerprint density at radius 3 is 2.47 bits per heavy atom. The topological polar surface area (TPSA) is 38.9 Å². The van der Waals surface area contributed by atoms with E-state index in [1.807, 2.05) is 37.3 Å². The first kappa shape index (κ1) is 15.0. The molecular formula is C14H13Br2ClN2. The van der Waals surface area contributed by atoms with E-state index in [-0.39, 0.29) is 0 Å². The number of pyridine rings is 1. The molecule has 0 fully saturated rings. The van der Waals surface area contributed by atoms with Gasteiger partial charge in [0.2, 0.25) is 0 Å². The first-order chi connectivity index (χ1) is 8.88. The van der Waals surface area contributed by atoms with Crippen molar-refractivity contribution in [2.45, 2.75) is 18.9 Å². The number of benzene rings is 1. The molecule has 19 heavy (non-hydrogen) atoms. The summed E-state index contributed by atoms with van der Waals surface area (Å²) in [4.78, 5) is 4.36. The summed E-state index contributed by atoms with van der Waals surface area (Å²) >= 11 is 13.0. The van der Waals surface area contributed by atoms with Crippen molar-refractivity contribution in [1.29, 1.82) is 0 Å². The summed E-state index contributed by atoms with van der Waals surface area (Å²) in [7, 11) is 0. The fraction of sp³-hybridized carbons (Fsp3) is 0.214. The van der Waals surface area contributed by atoms with Crippen molar-refractivity contribution in [3.63, 3.8) is 0 Å². The zero-order valence-electron chi connectivity index (χ0n) is 10.3. The number of nitrogens with zero attached hydrogens (tertiary/aromatic N) is 1. The molecule has 0 aliphatic carbocycles. The maximum absolute atomic E-state index is 6.41. The van der Waals surface area contributed by atoms with E-state index in [2.05, 4.69) is 36.8 Å². The fourth-order valence-electron chi connectivity index (χ4n) is 1.94. The third-order valence-corrected chi connectivity index (χ3v) is 4.16. The predicted molar refractivity (Wildman–Crippen MR) is 86.3 cm³/mol. The van der Waals surface area contributed by atoms with Crippen LogP contribution in [0.25, 0.3) is 0 Å². The lowest BCUT2D eigenvalue weighted by molar-refractivity contribution is 0.485. The van der Waals surface area contributed by atoms with Gasteiger partial charge < -0.3 is 5.73 Å². The van der Waals surface area contributed by atoms with E-state index in [0.29, 0.717) is 11.4 Å². The Labute approximate surface area is 134 Å². The van der Waals surface area contributed by atoms with E-state index in [1.165, 1.54) is 0 Å². The van der Waals surface area contributed by atoms with Gasteiger partial charge in [-0.1, -0.05) is 33.6 Å². The first-order valence-corrected chi connectivity index (χ1v) is 7.70. The summed E-state index contributed by atoms with van der Waals surface area (Å²) in [5.41, 5.74) is 7.71. The molecule has 2 rings (SSSR count). The second kappa shape index (κ2) is 5.92. The first-order valence-electron chi connectivity index (χ1n) is 5.73. The summed E-state index contributed by atoms with van der Waals surface area (Å²) < 4.78 is 1.90. The Balaban J connectivity index is 2.29. The molecule has 0 aliphatic rings. The lowest BCUT2D eigenvalue weighted by Gasteiger charge is -2.26. The summed E-state index contributed by atoms with van der Waals surface area (Å²) in [6, 6.07) is 9.67. The molecule has 2 nitrogen and oxygen atoms in total. The zero-order valence-corrected chi connectivity index (χ0v) is 14.3. The average Bonchev–Trinajstić information content (AvgIpc) is 2.31. The maximum atomic E-state index is 6.41. The Kier molecular flexibility index (Phi) is 4.66. The lowest BCUT2D eigenvalue weighted by Crippen LogP contribution is -2.36. The molecule has 0 saturated heterocycles. The van der Waals surface area contributed by atoms with Gasteiger partial charge in [0, 0.05) is 37.8 Å². The van der Waals surface area contributed by atoms with Gasteiger partial charge in [0.1, 0.15) is 0 Å². The Hall–Kier alpha value is -0.420. The molecule has 5 heteroatoms. The summed E-state index contributed by atoms with van der Waals surface area (Å²) in [6.45, 7) is 1.96. The minimum Gasteiger partial charge on any atom is -0.321 e. The van der Waals surface area contributed by atoms with Gasteiger partial charge in [0.25, 0.3) is 0 Å². The number of aromatic nitrogens is 1. The van der Waals surface area contributed by atoms with Crippen molar-refractivity contribution in [3.8, 4) is 0 Å². The van der Waals surface area contributed by atoms with Crippen LogP contribution in [0.1, 0.15) is 18.2 Å². The molecule has 0 amide bonds. The highest BCUT2D eigenvalue weighted by molar-refractivity contribution is 9.10. The minimum atomic E-state index is -0.557. The highest BCUT2D eigenvalue weighted by Crippen LogP contribution is 2.31. The number of rotatable bonds is 3. The van der Waals surface area contributed by atoms with Crippen molar-refractivity contribution in [3.05, 3.63) is 61.8 Å². The number of hydrogen-bond acceptors (Lipinski definition) is 2. The van der Waals surface area contributed by atoms with Crippen molar-refractivity contribution in [2.24, 2.45) is 5.73 Å². The molecule has 1 aromatic heterocycles. The lowest BCUT2D eigenvalue weighted by atomic mass is 9.88. The van der Waals surface area contributed by atoms with Crippen molar-refractivity contribution < 1.29 is 0 Å². The average molecular weight is 405 g/mol. The Morgan fingerprint density at radius 1 is 1.21 bits per heavy atom. The standard InChI is InChI=1S/C14H13Br2ClN2/c1-14(18,7-11-4-2-10(16)8-19-11)12-5-3-9(15)6-13(12)17/h2-6,8H,7,18H2,1H3. The zero-order chi connectivity index (χ0) is 14.0. The van der Waals surface area contributed by atoms with Crippen LogP contribution < -0.4 is 5.73 Å². The van der Waals surface area contributed by atoms with Crippen LogP contribution in [0.5, 0.6) is 0 Å². The van der Waals surface area contributed by atoms with Crippen molar-refractivity contribution >= 4 is 43.5 Å². The van der Waals surface area contributed by atoms with E-state index in [9.17, 15) is 0 Å². The highest BCUT2D eigenvalue weighted by atomic mass is 79.9. The highest BCUT2D eigenvalue weighted by Gasteiger charge is 2.25. The second-order valence-electron chi connectivity index (χ2n) is 4.69.